The Morgan fingerprint density at radius 3 is 2.71 bits per heavy atom. The van der Waals surface area contributed by atoms with Gasteiger partial charge in [-0.05, 0) is 57.7 Å². The van der Waals surface area contributed by atoms with Gasteiger partial charge in [0.1, 0.15) is 0 Å². The molecule has 0 spiro atoms. The molecule has 2 saturated heterocycles. The fraction of sp³-hybridized carbons (Fsp3) is 1.00. The van der Waals surface area contributed by atoms with E-state index in [0.29, 0.717) is 11.5 Å². The van der Waals surface area contributed by atoms with E-state index < -0.39 is 0 Å². The van der Waals surface area contributed by atoms with Gasteiger partial charge in [-0.3, -0.25) is 0 Å². The van der Waals surface area contributed by atoms with Crippen LogP contribution >= 0.6 is 0 Å². The van der Waals surface area contributed by atoms with Crippen molar-refractivity contribution in [3.8, 4) is 0 Å². The Bertz CT molecular complexity index is 220. The number of ether oxygens (including phenoxy) is 1. The first-order valence-electron chi connectivity index (χ1n) is 7.25. The normalized spacial score (nSPS) is 28.8. The Kier molecular flexibility index (Phi) is 4.83. The van der Waals surface area contributed by atoms with Crippen LogP contribution in [0.15, 0.2) is 0 Å². The average Bonchev–Trinajstić information content (AvgIpc) is 2.83. The maximum absolute atomic E-state index is 5.73. The Hall–Kier alpha value is -0.120. The minimum absolute atomic E-state index is 0.496. The molecule has 0 aromatic carbocycles. The number of nitrogens with zero attached hydrogens (tertiary/aromatic N) is 1. The molecule has 2 fully saturated rings. The summed E-state index contributed by atoms with van der Waals surface area (Å²) in [5.41, 5.74) is 0.554. The molecule has 0 radical (unpaired) electrons. The second-order valence-corrected chi connectivity index (χ2v) is 5.94. The molecule has 2 heterocycles. The molecule has 2 aliphatic rings. The van der Waals surface area contributed by atoms with Crippen LogP contribution in [0.1, 0.15) is 39.0 Å². The lowest BCUT2D eigenvalue weighted by atomic mass is 9.76. The molecule has 1 atom stereocenters. The predicted molar refractivity (Wildman–Crippen MR) is 71.3 cm³/mol. The van der Waals surface area contributed by atoms with Gasteiger partial charge in [-0.25, -0.2) is 0 Å². The van der Waals surface area contributed by atoms with Gasteiger partial charge in [-0.15, -0.1) is 0 Å². The van der Waals surface area contributed by atoms with Crippen LogP contribution in [-0.2, 0) is 4.74 Å². The van der Waals surface area contributed by atoms with E-state index in [1.165, 1.54) is 51.7 Å². The highest BCUT2D eigenvalue weighted by atomic mass is 16.5. The molecule has 0 saturated carbocycles. The molecule has 3 nitrogen and oxygen atoms in total. The van der Waals surface area contributed by atoms with Gasteiger partial charge in [0, 0.05) is 19.7 Å². The van der Waals surface area contributed by atoms with E-state index in [2.05, 4.69) is 24.2 Å². The van der Waals surface area contributed by atoms with E-state index in [4.69, 9.17) is 4.74 Å². The number of hydrogen-bond acceptors (Lipinski definition) is 3. The highest BCUT2D eigenvalue weighted by Crippen LogP contribution is 2.33. The van der Waals surface area contributed by atoms with Crippen molar-refractivity contribution in [2.75, 3.05) is 39.8 Å². The third kappa shape index (κ3) is 3.67. The van der Waals surface area contributed by atoms with E-state index in [1.54, 1.807) is 0 Å². The van der Waals surface area contributed by atoms with Crippen molar-refractivity contribution < 1.29 is 4.74 Å². The molecule has 0 amide bonds. The quantitative estimate of drug-likeness (QED) is 0.794. The third-order valence-corrected chi connectivity index (χ3v) is 4.56. The van der Waals surface area contributed by atoms with E-state index in [9.17, 15) is 0 Å². The van der Waals surface area contributed by atoms with Crippen molar-refractivity contribution in [3.05, 3.63) is 0 Å². The molecule has 17 heavy (non-hydrogen) atoms. The maximum Gasteiger partial charge on any atom is 0.0702 e. The first-order valence-corrected chi connectivity index (χ1v) is 7.25. The zero-order chi connectivity index (χ0) is 12.1. The monoisotopic (exact) mass is 240 g/mol. The van der Waals surface area contributed by atoms with E-state index in [1.807, 2.05) is 0 Å². The van der Waals surface area contributed by atoms with Gasteiger partial charge >= 0.3 is 0 Å². The van der Waals surface area contributed by atoms with Crippen molar-refractivity contribution >= 4 is 0 Å². The zero-order valence-electron chi connectivity index (χ0n) is 11.5. The number of likely N-dealkylation sites (N-methyl/N-ethyl adjacent to an activating group) is 1. The van der Waals surface area contributed by atoms with Crippen LogP contribution in [0.25, 0.3) is 0 Å². The molecule has 0 aliphatic carbocycles. The van der Waals surface area contributed by atoms with Crippen LogP contribution in [0, 0.1) is 5.41 Å². The van der Waals surface area contributed by atoms with Crippen molar-refractivity contribution in [3.63, 3.8) is 0 Å². The molecule has 3 heteroatoms. The summed E-state index contributed by atoms with van der Waals surface area (Å²) in [6, 6.07) is 0. The van der Waals surface area contributed by atoms with Crippen molar-refractivity contribution in [2.24, 2.45) is 5.41 Å². The van der Waals surface area contributed by atoms with Gasteiger partial charge in [0.2, 0.25) is 0 Å². The number of rotatable bonds is 5. The highest BCUT2D eigenvalue weighted by Gasteiger charge is 2.32. The molecule has 0 bridgehead atoms. The number of nitrogens with one attached hydrogen (secondary N) is 1. The molecule has 0 aromatic rings. The van der Waals surface area contributed by atoms with Crippen LogP contribution in [0.3, 0.4) is 0 Å². The van der Waals surface area contributed by atoms with Gasteiger partial charge in [0.05, 0.1) is 6.10 Å². The van der Waals surface area contributed by atoms with E-state index in [-0.39, 0.29) is 0 Å². The first-order chi connectivity index (χ1) is 8.24. The average molecular weight is 240 g/mol. The Morgan fingerprint density at radius 2 is 2.12 bits per heavy atom. The smallest absolute Gasteiger partial charge is 0.0702 e. The number of piperidine rings is 1. The third-order valence-electron chi connectivity index (χ3n) is 4.56. The van der Waals surface area contributed by atoms with Crippen LogP contribution in [-0.4, -0.2) is 50.8 Å². The minimum Gasteiger partial charge on any atom is -0.377 e. The lowest BCUT2D eigenvalue weighted by Gasteiger charge is -2.40. The summed E-state index contributed by atoms with van der Waals surface area (Å²) in [6.45, 7) is 8.08. The fourth-order valence-electron chi connectivity index (χ4n) is 3.35. The summed E-state index contributed by atoms with van der Waals surface area (Å²) < 4.78 is 5.73. The standard InChI is InChI=1S/C14H28N2O/c1-3-14(6-8-15-9-7-14)12-16(2)11-13-5-4-10-17-13/h13,15H,3-12H2,1-2H3. The molecule has 2 aliphatic heterocycles. The maximum atomic E-state index is 5.73. The van der Waals surface area contributed by atoms with Gasteiger partial charge in [0.25, 0.3) is 0 Å². The van der Waals surface area contributed by atoms with Crippen molar-refractivity contribution in [2.45, 2.75) is 45.1 Å². The van der Waals surface area contributed by atoms with Crippen LogP contribution in [0.2, 0.25) is 0 Å². The predicted octanol–water partition coefficient (Wildman–Crippen LogP) is 1.88. The lowest BCUT2D eigenvalue weighted by molar-refractivity contribution is 0.0550. The fourth-order valence-corrected chi connectivity index (χ4v) is 3.35. The van der Waals surface area contributed by atoms with Gasteiger partial charge in [-0.1, -0.05) is 6.92 Å². The molecule has 100 valence electrons. The molecule has 0 aromatic heterocycles. The second-order valence-electron chi connectivity index (χ2n) is 5.94. The summed E-state index contributed by atoms with van der Waals surface area (Å²) in [6.07, 6.45) is 6.98. The molecular weight excluding hydrogens is 212 g/mol. The first kappa shape index (κ1) is 13.3. The van der Waals surface area contributed by atoms with Crippen LogP contribution < -0.4 is 5.32 Å². The van der Waals surface area contributed by atoms with E-state index >= 15 is 0 Å². The Balaban J connectivity index is 1.80. The largest absolute Gasteiger partial charge is 0.377 e. The highest BCUT2D eigenvalue weighted by molar-refractivity contribution is 4.86. The van der Waals surface area contributed by atoms with Gasteiger partial charge in [-0.2, -0.15) is 0 Å². The summed E-state index contributed by atoms with van der Waals surface area (Å²) in [5.74, 6) is 0. The van der Waals surface area contributed by atoms with Gasteiger partial charge < -0.3 is 15.0 Å². The summed E-state index contributed by atoms with van der Waals surface area (Å²) in [4.78, 5) is 2.50. The summed E-state index contributed by atoms with van der Waals surface area (Å²) in [7, 11) is 2.27. The lowest BCUT2D eigenvalue weighted by Crippen LogP contribution is -2.45. The number of hydrogen-bond donors (Lipinski definition) is 1. The molecule has 1 unspecified atom stereocenters. The molecular formula is C14H28N2O. The SMILES string of the molecule is CCC1(CN(C)CC2CCCO2)CCNCC1. The van der Waals surface area contributed by atoms with Crippen molar-refractivity contribution in [1.29, 1.82) is 0 Å². The summed E-state index contributed by atoms with van der Waals surface area (Å²) >= 11 is 0. The van der Waals surface area contributed by atoms with Crippen LogP contribution in [0.4, 0.5) is 0 Å². The topological polar surface area (TPSA) is 24.5 Å². The molecule has 2 rings (SSSR count). The Labute approximate surface area is 106 Å². The van der Waals surface area contributed by atoms with Crippen LogP contribution in [0.5, 0.6) is 0 Å². The van der Waals surface area contributed by atoms with Gasteiger partial charge in [0.15, 0.2) is 0 Å². The zero-order valence-corrected chi connectivity index (χ0v) is 11.5. The Morgan fingerprint density at radius 1 is 1.35 bits per heavy atom. The van der Waals surface area contributed by atoms with Crippen molar-refractivity contribution in [1.82, 2.24) is 10.2 Å². The molecule has 1 N–H and O–H groups in total. The summed E-state index contributed by atoms with van der Waals surface area (Å²) in [5, 5.41) is 3.48. The van der Waals surface area contributed by atoms with E-state index in [0.717, 1.165) is 13.2 Å². The second kappa shape index (κ2) is 6.17. The minimum atomic E-state index is 0.496.